The molecule has 0 radical (unpaired) electrons. The molecule has 2 aromatic carbocycles. The van der Waals surface area contributed by atoms with E-state index in [2.05, 4.69) is 9.80 Å². The highest BCUT2D eigenvalue weighted by atomic mass is 19.1. The van der Waals surface area contributed by atoms with Crippen LogP contribution in [0.15, 0.2) is 48.5 Å². The van der Waals surface area contributed by atoms with Crippen molar-refractivity contribution in [2.45, 2.75) is 6.54 Å². The van der Waals surface area contributed by atoms with Gasteiger partial charge in [0.25, 0.3) is 0 Å². The quantitative estimate of drug-likeness (QED) is 0.942. The summed E-state index contributed by atoms with van der Waals surface area (Å²) in [5.74, 6) is -1.08. The van der Waals surface area contributed by atoms with Crippen LogP contribution in [0.25, 0.3) is 0 Å². The number of hydrogen-bond donors (Lipinski definition) is 1. The van der Waals surface area contributed by atoms with Crippen LogP contribution in [0.5, 0.6) is 0 Å². The molecule has 1 aliphatic rings. The van der Waals surface area contributed by atoms with Gasteiger partial charge >= 0.3 is 5.97 Å². The monoisotopic (exact) mass is 314 g/mol. The largest absolute Gasteiger partial charge is 0.478 e. The van der Waals surface area contributed by atoms with Crippen molar-refractivity contribution in [3.05, 3.63) is 65.5 Å². The van der Waals surface area contributed by atoms with Gasteiger partial charge in [-0.25, -0.2) is 9.18 Å². The Morgan fingerprint density at radius 2 is 1.65 bits per heavy atom. The maximum Gasteiger partial charge on any atom is 0.335 e. The number of rotatable bonds is 4. The molecule has 0 unspecified atom stereocenters. The van der Waals surface area contributed by atoms with Gasteiger partial charge in [0, 0.05) is 32.7 Å². The summed E-state index contributed by atoms with van der Waals surface area (Å²) >= 11 is 0. The molecule has 4 nitrogen and oxygen atoms in total. The predicted molar refractivity (Wildman–Crippen MR) is 87.3 cm³/mol. The van der Waals surface area contributed by atoms with Crippen LogP contribution in [0.1, 0.15) is 15.9 Å². The van der Waals surface area contributed by atoms with Gasteiger partial charge in [0.2, 0.25) is 0 Å². The summed E-state index contributed by atoms with van der Waals surface area (Å²) in [5.41, 5.74) is 2.06. The Hall–Kier alpha value is -2.40. The molecule has 0 spiro atoms. The van der Waals surface area contributed by atoms with E-state index in [1.54, 1.807) is 18.2 Å². The molecule has 0 aromatic heterocycles. The van der Waals surface area contributed by atoms with Gasteiger partial charge in [-0.3, -0.25) is 4.90 Å². The van der Waals surface area contributed by atoms with Crippen molar-refractivity contribution in [1.29, 1.82) is 0 Å². The molecule has 1 saturated heterocycles. The average molecular weight is 314 g/mol. The summed E-state index contributed by atoms with van der Waals surface area (Å²) in [4.78, 5) is 15.2. The molecule has 1 aliphatic heterocycles. The summed E-state index contributed by atoms with van der Waals surface area (Å²) in [5, 5.41) is 8.91. The molecule has 23 heavy (non-hydrogen) atoms. The second-order valence-corrected chi connectivity index (χ2v) is 5.72. The Morgan fingerprint density at radius 3 is 2.26 bits per heavy atom. The minimum absolute atomic E-state index is 0.176. The molecule has 3 rings (SSSR count). The number of carboxylic acid groups (broad SMARTS) is 1. The van der Waals surface area contributed by atoms with Gasteiger partial charge in [-0.2, -0.15) is 0 Å². The molecule has 0 atom stereocenters. The van der Waals surface area contributed by atoms with E-state index in [4.69, 9.17) is 5.11 Å². The first-order valence-electron chi connectivity index (χ1n) is 7.67. The van der Waals surface area contributed by atoms with Crippen molar-refractivity contribution in [3.63, 3.8) is 0 Å². The Kier molecular flexibility index (Phi) is 4.57. The first-order chi connectivity index (χ1) is 11.1. The normalized spacial score (nSPS) is 15.6. The van der Waals surface area contributed by atoms with Crippen LogP contribution in [0.2, 0.25) is 0 Å². The summed E-state index contributed by atoms with van der Waals surface area (Å²) in [7, 11) is 0. The molecule has 0 aliphatic carbocycles. The molecule has 120 valence electrons. The number of piperazine rings is 1. The van der Waals surface area contributed by atoms with Gasteiger partial charge in [-0.1, -0.05) is 24.3 Å². The Labute approximate surface area is 134 Å². The number of benzene rings is 2. The summed E-state index contributed by atoms with van der Waals surface area (Å²) in [6.07, 6.45) is 0. The van der Waals surface area contributed by atoms with Gasteiger partial charge in [0.1, 0.15) is 5.82 Å². The SMILES string of the molecule is O=C(O)c1ccc(CN2CCN(c3ccccc3F)CC2)cc1. The topological polar surface area (TPSA) is 43.8 Å². The van der Waals surface area contributed by atoms with Crippen LogP contribution in [0, 0.1) is 5.82 Å². The highest BCUT2D eigenvalue weighted by Crippen LogP contribution is 2.20. The van der Waals surface area contributed by atoms with Crippen molar-refractivity contribution in [2.24, 2.45) is 0 Å². The number of nitrogens with zero attached hydrogens (tertiary/aromatic N) is 2. The van der Waals surface area contributed by atoms with Crippen molar-refractivity contribution in [1.82, 2.24) is 4.90 Å². The zero-order chi connectivity index (χ0) is 16.2. The van der Waals surface area contributed by atoms with Gasteiger partial charge in [-0.05, 0) is 29.8 Å². The van der Waals surface area contributed by atoms with Crippen molar-refractivity contribution in [3.8, 4) is 0 Å². The van der Waals surface area contributed by atoms with E-state index in [9.17, 15) is 9.18 Å². The molecular weight excluding hydrogens is 295 g/mol. The molecule has 5 heteroatoms. The zero-order valence-corrected chi connectivity index (χ0v) is 12.8. The summed E-state index contributed by atoms with van der Waals surface area (Å²) in [6.45, 7) is 4.07. The average Bonchev–Trinajstić information content (AvgIpc) is 2.57. The van der Waals surface area contributed by atoms with E-state index in [0.29, 0.717) is 11.3 Å². The molecule has 1 N–H and O–H groups in total. The number of halogens is 1. The third-order valence-corrected chi connectivity index (χ3v) is 4.17. The van der Waals surface area contributed by atoms with Gasteiger partial charge in [0.05, 0.1) is 11.3 Å². The standard InChI is InChI=1S/C18H19FN2O2/c19-16-3-1-2-4-17(16)21-11-9-20(10-12-21)13-14-5-7-15(8-6-14)18(22)23/h1-8H,9-13H2,(H,22,23). The Bertz CT molecular complexity index is 680. The lowest BCUT2D eigenvalue weighted by Crippen LogP contribution is -2.46. The van der Waals surface area contributed by atoms with E-state index in [-0.39, 0.29) is 5.82 Å². The van der Waals surface area contributed by atoms with E-state index < -0.39 is 5.97 Å². The fraction of sp³-hybridized carbons (Fsp3) is 0.278. The maximum absolute atomic E-state index is 13.8. The molecule has 2 aromatic rings. The van der Waals surface area contributed by atoms with Gasteiger partial charge in [0.15, 0.2) is 0 Å². The number of para-hydroxylation sites is 1. The number of hydrogen-bond acceptors (Lipinski definition) is 3. The van der Waals surface area contributed by atoms with Crippen LogP contribution >= 0.6 is 0 Å². The predicted octanol–water partition coefficient (Wildman–Crippen LogP) is 2.85. The molecule has 0 bridgehead atoms. The van der Waals surface area contributed by atoms with Gasteiger partial charge < -0.3 is 10.0 Å². The molecule has 0 amide bonds. The number of carbonyl (C=O) groups is 1. The lowest BCUT2D eigenvalue weighted by molar-refractivity contribution is 0.0697. The smallest absolute Gasteiger partial charge is 0.335 e. The van der Waals surface area contributed by atoms with E-state index in [1.165, 1.54) is 6.07 Å². The first-order valence-corrected chi connectivity index (χ1v) is 7.67. The lowest BCUT2D eigenvalue weighted by atomic mass is 10.1. The minimum Gasteiger partial charge on any atom is -0.478 e. The third kappa shape index (κ3) is 3.68. The maximum atomic E-state index is 13.8. The van der Waals surface area contributed by atoms with Crippen LogP contribution < -0.4 is 4.90 Å². The Morgan fingerprint density at radius 1 is 1.00 bits per heavy atom. The van der Waals surface area contributed by atoms with E-state index in [1.807, 2.05) is 24.3 Å². The highest BCUT2D eigenvalue weighted by molar-refractivity contribution is 5.87. The number of aromatic carboxylic acids is 1. The van der Waals surface area contributed by atoms with Crippen LogP contribution in [0.3, 0.4) is 0 Å². The molecule has 1 heterocycles. The second kappa shape index (κ2) is 6.79. The van der Waals surface area contributed by atoms with Crippen LogP contribution in [-0.4, -0.2) is 42.2 Å². The molecule has 0 saturated carbocycles. The first kappa shape index (κ1) is 15.5. The van der Waals surface area contributed by atoms with Crippen LogP contribution in [-0.2, 0) is 6.54 Å². The summed E-state index contributed by atoms with van der Waals surface area (Å²) in [6, 6.07) is 13.8. The van der Waals surface area contributed by atoms with E-state index in [0.717, 1.165) is 38.3 Å². The third-order valence-electron chi connectivity index (χ3n) is 4.17. The van der Waals surface area contributed by atoms with Gasteiger partial charge in [-0.15, -0.1) is 0 Å². The fourth-order valence-corrected chi connectivity index (χ4v) is 2.87. The van der Waals surface area contributed by atoms with Crippen molar-refractivity contribution >= 4 is 11.7 Å². The van der Waals surface area contributed by atoms with Crippen LogP contribution in [0.4, 0.5) is 10.1 Å². The van der Waals surface area contributed by atoms with Crippen molar-refractivity contribution < 1.29 is 14.3 Å². The minimum atomic E-state index is -0.907. The number of carboxylic acids is 1. The van der Waals surface area contributed by atoms with Crippen molar-refractivity contribution in [2.75, 3.05) is 31.1 Å². The van der Waals surface area contributed by atoms with E-state index >= 15 is 0 Å². The summed E-state index contributed by atoms with van der Waals surface area (Å²) < 4.78 is 13.8. The zero-order valence-electron chi connectivity index (χ0n) is 12.8. The lowest BCUT2D eigenvalue weighted by Gasteiger charge is -2.36. The second-order valence-electron chi connectivity index (χ2n) is 5.72. The molecular formula is C18H19FN2O2. The highest BCUT2D eigenvalue weighted by Gasteiger charge is 2.19. The fourth-order valence-electron chi connectivity index (χ4n) is 2.87. The Balaban J connectivity index is 1.57. The number of anilines is 1. The molecule has 1 fully saturated rings.